The maximum Gasteiger partial charge on any atom is 0.158 e. The number of aliphatic hydroxyl groups excluding tert-OH is 1. The third kappa shape index (κ3) is 3.29. The Hall–Kier alpha value is -2.80. The number of aromatic nitrogens is 2. The summed E-state index contributed by atoms with van der Waals surface area (Å²) in [4.78, 5) is 10.4. The molecule has 1 aliphatic carbocycles. The van der Waals surface area contributed by atoms with Crippen LogP contribution in [0.25, 0.3) is 21.3 Å². The number of aliphatic hydroxyl groups is 1. The van der Waals surface area contributed by atoms with Crippen molar-refractivity contribution < 1.29 is 9.84 Å². The van der Waals surface area contributed by atoms with Crippen molar-refractivity contribution in [1.29, 1.82) is 0 Å². The van der Waals surface area contributed by atoms with Gasteiger partial charge in [-0.25, -0.2) is 9.97 Å². The molecule has 0 fully saturated rings. The van der Waals surface area contributed by atoms with Crippen LogP contribution in [0.4, 0.5) is 5.82 Å². The fourth-order valence-electron chi connectivity index (χ4n) is 4.01. The van der Waals surface area contributed by atoms with E-state index < -0.39 is 6.10 Å². The van der Waals surface area contributed by atoms with Gasteiger partial charge in [-0.2, -0.15) is 0 Å². The smallest absolute Gasteiger partial charge is 0.158 e. The highest BCUT2D eigenvalue weighted by molar-refractivity contribution is 7.17. The minimum absolute atomic E-state index is 0.205. The lowest BCUT2D eigenvalue weighted by Gasteiger charge is -2.20. The largest absolute Gasteiger partial charge is 0.390 e. The van der Waals surface area contributed by atoms with E-state index in [1.807, 2.05) is 30.3 Å². The molecular formula is C23H21N3O2S. The van der Waals surface area contributed by atoms with Gasteiger partial charge in [-0.05, 0) is 16.7 Å². The third-order valence-electron chi connectivity index (χ3n) is 5.33. The number of nitrogens with one attached hydrogen (secondary N) is 1. The Morgan fingerprint density at radius 3 is 2.72 bits per heavy atom. The van der Waals surface area contributed by atoms with E-state index >= 15 is 0 Å². The van der Waals surface area contributed by atoms with Crippen LogP contribution in [0.3, 0.4) is 0 Å². The molecule has 0 aliphatic heterocycles. The molecule has 5 rings (SSSR count). The van der Waals surface area contributed by atoms with E-state index in [2.05, 4.69) is 39.9 Å². The number of fused-ring (bicyclic) bond motifs is 2. The Morgan fingerprint density at radius 2 is 1.90 bits per heavy atom. The monoisotopic (exact) mass is 403 g/mol. The second kappa shape index (κ2) is 7.55. The van der Waals surface area contributed by atoms with Crippen molar-refractivity contribution in [2.45, 2.75) is 25.2 Å². The number of benzene rings is 2. The lowest BCUT2D eigenvalue weighted by molar-refractivity contribution is 0.165. The van der Waals surface area contributed by atoms with Gasteiger partial charge in [-0.3, -0.25) is 0 Å². The molecule has 29 heavy (non-hydrogen) atoms. The number of nitrogens with zero attached hydrogens (tertiary/aromatic N) is 2. The number of hydrogen-bond donors (Lipinski definition) is 2. The Bertz CT molecular complexity index is 1160. The second-order valence-corrected chi connectivity index (χ2v) is 8.07. The van der Waals surface area contributed by atoms with E-state index in [9.17, 15) is 5.11 Å². The Kier molecular flexibility index (Phi) is 4.75. The first-order chi connectivity index (χ1) is 14.2. The summed E-state index contributed by atoms with van der Waals surface area (Å²) in [5.74, 6) is 1.37. The predicted octanol–water partition coefficient (Wildman–Crippen LogP) is 4.57. The van der Waals surface area contributed by atoms with Crippen LogP contribution in [0.15, 0.2) is 60.0 Å². The Labute approximate surface area is 173 Å². The van der Waals surface area contributed by atoms with Crippen LogP contribution in [0.5, 0.6) is 0 Å². The van der Waals surface area contributed by atoms with Crippen LogP contribution in [0.2, 0.25) is 0 Å². The molecule has 0 amide bonds. The van der Waals surface area contributed by atoms with Crippen LogP contribution in [-0.2, 0) is 17.8 Å². The number of rotatable bonds is 5. The second-order valence-electron chi connectivity index (χ2n) is 7.21. The van der Waals surface area contributed by atoms with E-state index in [0.29, 0.717) is 18.9 Å². The summed E-state index contributed by atoms with van der Waals surface area (Å²) in [5, 5.41) is 17.4. The molecule has 0 spiro atoms. The van der Waals surface area contributed by atoms with E-state index in [4.69, 9.17) is 9.72 Å². The standard InChI is InChI=1S/C23H21N3O2S/c1-28-12-19-24-22(26-21-16-10-6-5-9-15(16)11-18(21)27)20-17(13-29-23(20)25-19)14-7-3-2-4-8-14/h2-10,13,18,21,27H,11-12H2,1H3,(H,24,25,26)/t18-,21+/m1/s1. The van der Waals surface area contributed by atoms with Gasteiger partial charge in [-0.15, -0.1) is 11.3 Å². The van der Waals surface area contributed by atoms with Crippen molar-refractivity contribution in [2.24, 2.45) is 0 Å². The maximum atomic E-state index is 10.7. The number of ether oxygens (including phenoxy) is 1. The van der Waals surface area contributed by atoms with E-state index in [0.717, 1.165) is 32.7 Å². The average molecular weight is 404 g/mol. The first-order valence-electron chi connectivity index (χ1n) is 9.59. The van der Waals surface area contributed by atoms with Gasteiger partial charge in [0.1, 0.15) is 17.3 Å². The summed E-state index contributed by atoms with van der Waals surface area (Å²) in [5.41, 5.74) is 4.51. The van der Waals surface area contributed by atoms with Crippen LogP contribution in [0, 0.1) is 0 Å². The van der Waals surface area contributed by atoms with Gasteiger partial charge < -0.3 is 15.2 Å². The van der Waals surface area contributed by atoms with E-state index in [-0.39, 0.29) is 6.04 Å². The average Bonchev–Trinajstić information content (AvgIpc) is 3.30. The highest BCUT2D eigenvalue weighted by Crippen LogP contribution is 2.40. The SMILES string of the molecule is COCc1nc(N[C@H]2c3ccccc3C[C@H]2O)c2c(-c3ccccc3)csc2n1. The highest BCUT2D eigenvalue weighted by atomic mass is 32.1. The summed E-state index contributed by atoms with van der Waals surface area (Å²) in [6.07, 6.45) is 0.143. The minimum Gasteiger partial charge on any atom is -0.390 e. The molecule has 146 valence electrons. The molecule has 1 aliphatic rings. The molecule has 0 saturated carbocycles. The molecule has 0 saturated heterocycles. The molecule has 2 heterocycles. The van der Waals surface area contributed by atoms with Gasteiger partial charge in [-0.1, -0.05) is 54.6 Å². The third-order valence-corrected chi connectivity index (χ3v) is 6.21. The van der Waals surface area contributed by atoms with Gasteiger partial charge in [0.15, 0.2) is 5.82 Å². The van der Waals surface area contributed by atoms with Crippen LogP contribution >= 0.6 is 11.3 Å². The van der Waals surface area contributed by atoms with Gasteiger partial charge >= 0.3 is 0 Å². The van der Waals surface area contributed by atoms with Gasteiger partial charge in [0, 0.05) is 24.5 Å². The zero-order valence-electron chi connectivity index (χ0n) is 16.0. The maximum absolute atomic E-state index is 10.7. The number of anilines is 1. The molecule has 2 aromatic carbocycles. The Balaban J connectivity index is 1.64. The number of thiophene rings is 1. The molecule has 0 radical (unpaired) electrons. The summed E-state index contributed by atoms with van der Waals surface area (Å²) in [7, 11) is 1.64. The molecule has 4 aromatic rings. The topological polar surface area (TPSA) is 67.3 Å². The van der Waals surface area contributed by atoms with Crippen LogP contribution in [-0.4, -0.2) is 28.3 Å². The molecule has 5 nitrogen and oxygen atoms in total. The zero-order chi connectivity index (χ0) is 19.8. The fraction of sp³-hybridized carbons (Fsp3) is 0.217. The summed E-state index contributed by atoms with van der Waals surface area (Å²) < 4.78 is 5.27. The summed E-state index contributed by atoms with van der Waals surface area (Å²) in [6.45, 7) is 0.340. The zero-order valence-corrected chi connectivity index (χ0v) is 16.8. The van der Waals surface area contributed by atoms with Crippen LogP contribution in [0.1, 0.15) is 23.0 Å². The van der Waals surface area contributed by atoms with Crippen LogP contribution < -0.4 is 5.32 Å². The van der Waals surface area contributed by atoms with E-state index in [1.165, 1.54) is 5.56 Å². The van der Waals surface area contributed by atoms with Crippen molar-refractivity contribution in [3.8, 4) is 11.1 Å². The molecule has 2 aromatic heterocycles. The molecule has 0 bridgehead atoms. The van der Waals surface area contributed by atoms with Crippen molar-refractivity contribution in [1.82, 2.24) is 9.97 Å². The van der Waals surface area contributed by atoms with Gasteiger partial charge in [0.05, 0.1) is 17.5 Å². The Morgan fingerprint density at radius 1 is 1.10 bits per heavy atom. The van der Waals surface area contributed by atoms with Gasteiger partial charge in [0.2, 0.25) is 0 Å². The molecule has 2 atom stereocenters. The molecule has 6 heteroatoms. The lowest BCUT2D eigenvalue weighted by atomic mass is 10.0. The quantitative estimate of drug-likeness (QED) is 0.511. The van der Waals surface area contributed by atoms with Crippen molar-refractivity contribution in [2.75, 3.05) is 12.4 Å². The fourth-order valence-corrected chi connectivity index (χ4v) is 4.98. The van der Waals surface area contributed by atoms with Crippen molar-refractivity contribution in [3.63, 3.8) is 0 Å². The predicted molar refractivity (Wildman–Crippen MR) is 116 cm³/mol. The molecule has 2 N–H and O–H groups in total. The first-order valence-corrected chi connectivity index (χ1v) is 10.5. The van der Waals surface area contributed by atoms with Crippen molar-refractivity contribution >= 4 is 27.4 Å². The normalized spacial score (nSPS) is 18.1. The molecular weight excluding hydrogens is 382 g/mol. The minimum atomic E-state index is -0.498. The molecule has 0 unspecified atom stereocenters. The number of hydrogen-bond acceptors (Lipinski definition) is 6. The van der Waals surface area contributed by atoms with E-state index in [1.54, 1.807) is 18.4 Å². The summed E-state index contributed by atoms with van der Waals surface area (Å²) >= 11 is 1.60. The lowest BCUT2D eigenvalue weighted by Crippen LogP contribution is -2.22. The summed E-state index contributed by atoms with van der Waals surface area (Å²) in [6, 6.07) is 18.2. The highest BCUT2D eigenvalue weighted by Gasteiger charge is 2.32. The van der Waals surface area contributed by atoms with Gasteiger partial charge in [0.25, 0.3) is 0 Å². The first kappa shape index (κ1) is 18.2. The van der Waals surface area contributed by atoms with Crippen molar-refractivity contribution in [3.05, 3.63) is 76.9 Å². The number of methoxy groups -OCH3 is 1.